The zero-order valence-electron chi connectivity index (χ0n) is 43.1. The molecular weight excluding hydrogens is 939 g/mol. The van der Waals surface area contributed by atoms with Crippen LogP contribution in [0.2, 0.25) is 0 Å². The SMILES string of the molecule is Cc1cccc2c1oc1c(N(c3ccc(F)cc3)c3cc4c(c5ccccc35)-c3ccc(N(C5=CCCc6c5oc5c6C=CCC5C)C5C=CC(F)CC5)cc3C43c4ccccc4C(C)(C)c4ccccc43)cccc12. The second-order valence-corrected chi connectivity index (χ2v) is 22.3. The van der Waals surface area contributed by atoms with Crippen LogP contribution < -0.4 is 9.80 Å². The van der Waals surface area contributed by atoms with Crippen molar-refractivity contribution in [3.8, 4) is 11.1 Å². The summed E-state index contributed by atoms with van der Waals surface area (Å²) >= 11 is 0. The Hall–Kier alpha value is -8.22. The molecule has 3 unspecified atom stereocenters. The van der Waals surface area contributed by atoms with Crippen molar-refractivity contribution in [2.75, 3.05) is 9.80 Å². The molecule has 3 atom stereocenters. The van der Waals surface area contributed by atoms with E-state index in [1.165, 1.54) is 55.6 Å². The van der Waals surface area contributed by atoms with Crippen LogP contribution in [0.4, 0.5) is 31.5 Å². The van der Waals surface area contributed by atoms with Gasteiger partial charge in [0.25, 0.3) is 0 Å². The van der Waals surface area contributed by atoms with Crippen LogP contribution in [0.1, 0.15) is 114 Å². The van der Waals surface area contributed by atoms with Crippen LogP contribution in [0.15, 0.2) is 191 Å². The predicted molar refractivity (Wildman–Crippen MR) is 307 cm³/mol. The van der Waals surface area contributed by atoms with Crippen molar-refractivity contribution in [3.05, 3.63) is 249 Å². The van der Waals surface area contributed by atoms with Gasteiger partial charge in [-0.25, -0.2) is 8.78 Å². The molecule has 4 nitrogen and oxygen atoms in total. The molecule has 0 aliphatic heterocycles. The number of benzene rings is 8. The molecule has 8 aromatic carbocycles. The maximum absolute atomic E-state index is 15.2. The van der Waals surface area contributed by atoms with E-state index in [-0.39, 0.29) is 23.2 Å². The summed E-state index contributed by atoms with van der Waals surface area (Å²) in [6, 6.07) is 56.0. The molecule has 0 saturated carbocycles. The molecule has 0 fully saturated rings. The molecule has 0 bridgehead atoms. The number of nitrogens with zero attached hydrogens (tertiary/aromatic N) is 2. The lowest BCUT2D eigenvalue weighted by Gasteiger charge is -2.47. The zero-order valence-corrected chi connectivity index (χ0v) is 43.1. The summed E-state index contributed by atoms with van der Waals surface area (Å²) in [5.41, 5.74) is 18.5. The number of fused-ring (bicyclic) bond motifs is 17. The van der Waals surface area contributed by atoms with Crippen LogP contribution >= 0.6 is 0 Å². The first-order chi connectivity index (χ1) is 37.1. The van der Waals surface area contributed by atoms with Gasteiger partial charge in [0.1, 0.15) is 23.3 Å². The van der Waals surface area contributed by atoms with Gasteiger partial charge in [-0.1, -0.05) is 160 Å². The summed E-state index contributed by atoms with van der Waals surface area (Å²) in [7, 11) is 0. The van der Waals surface area contributed by atoms with Gasteiger partial charge in [-0.05, 0) is 143 Å². The topological polar surface area (TPSA) is 32.8 Å². The molecule has 372 valence electrons. The third kappa shape index (κ3) is 6.27. The molecule has 1 spiro atoms. The average molecular weight is 995 g/mol. The van der Waals surface area contributed by atoms with E-state index < -0.39 is 11.6 Å². The van der Waals surface area contributed by atoms with Crippen molar-refractivity contribution in [2.45, 2.75) is 88.8 Å². The normalized spacial score (nSPS) is 19.2. The third-order valence-corrected chi connectivity index (χ3v) is 17.8. The third-order valence-electron chi connectivity index (χ3n) is 17.8. The highest BCUT2D eigenvalue weighted by Gasteiger charge is 2.54. The minimum Gasteiger partial charge on any atom is -0.458 e. The zero-order chi connectivity index (χ0) is 51.2. The van der Waals surface area contributed by atoms with E-state index in [9.17, 15) is 0 Å². The molecule has 5 aliphatic carbocycles. The summed E-state index contributed by atoms with van der Waals surface area (Å²) in [6.45, 7) is 9.08. The van der Waals surface area contributed by atoms with E-state index in [4.69, 9.17) is 8.83 Å². The van der Waals surface area contributed by atoms with E-state index in [1.807, 2.05) is 12.1 Å². The molecule has 5 aliphatic rings. The monoisotopic (exact) mass is 994 g/mol. The number of halogens is 2. The number of rotatable bonds is 6. The minimum absolute atomic E-state index is 0.108. The van der Waals surface area contributed by atoms with Crippen LogP contribution in [0, 0.1) is 12.7 Å². The van der Waals surface area contributed by atoms with Crippen molar-refractivity contribution in [1.82, 2.24) is 0 Å². The number of aryl methyl sites for hydroxylation is 1. The summed E-state index contributed by atoms with van der Waals surface area (Å²) in [4.78, 5) is 4.76. The number of hydrogen-bond acceptors (Lipinski definition) is 4. The van der Waals surface area contributed by atoms with Gasteiger partial charge >= 0.3 is 0 Å². The van der Waals surface area contributed by atoms with Crippen LogP contribution in [0.3, 0.4) is 0 Å². The Morgan fingerprint density at radius 1 is 0.618 bits per heavy atom. The minimum atomic E-state index is -0.979. The highest BCUT2D eigenvalue weighted by molar-refractivity contribution is 6.15. The van der Waals surface area contributed by atoms with Crippen LogP contribution in [-0.2, 0) is 17.3 Å². The number of allylic oxidation sites excluding steroid dienone is 3. The standard InChI is InChI=1S/C70H56F2N2O2/c1-41-15-11-19-50-52-21-13-27-61(67(52)75-65(41)50)73(45-33-29-43(71)30-34-45)47-37-38-54-59(39-47)70(57-25-9-7-23-55(57)69(3,4)56-24-8-10-26-58(56)70)60-40-63(48-17-5-6-18-49(48)64(54)60)74(46-35-31-44(72)32-36-46)62-28-14-22-53-51-20-12-16-42(2)66(51)76-68(53)62/h5-12,14,16-20,22-29,31-33,35-41,43,45H,13,15,21,30,34H2,1-4H3. The molecule has 76 heavy (non-hydrogen) atoms. The second kappa shape index (κ2) is 16.6. The van der Waals surface area contributed by atoms with Gasteiger partial charge in [-0.2, -0.15) is 0 Å². The highest BCUT2D eigenvalue weighted by Crippen LogP contribution is 2.65. The van der Waals surface area contributed by atoms with E-state index in [0.717, 1.165) is 97.5 Å². The molecule has 0 N–H and O–H groups in total. The van der Waals surface area contributed by atoms with Crippen molar-refractivity contribution in [2.24, 2.45) is 0 Å². The Bertz CT molecular complexity index is 4120. The Morgan fingerprint density at radius 2 is 1.30 bits per heavy atom. The second-order valence-electron chi connectivity index (χ2n) is 22.3. The fraction of sp³-hybridized carbons (Fsp3) is 0.200. The highest BCUT2D eigenvalue weighted by atomic mass is 19.1. The van der Waals surface area contributed by atoms with Crippen molar-refractivity contribution in [1.29, 1.82) is 0 Å². The summed E-state index contributed by atoms with van der Waals surface area (Å²) in [5, 5.41) is 4.24. The molecular formula is C70H56F2N2O2. The van der Waals surface area contributed by atoms with Crippen molar-refractivity contribution in [3.63, 3.8) is 0 Å². The lowest BCUT2D eigenvalue weighted by molar-refractivity contribution is 0.351. The van der Waals surface area contributed by atoms with Gasteiger partial charge in [-0.3, -0.25) is 0 Å². The lowest BCUT2D eigenvalue weighted by Crippen LogP contribution is -2.41. The molecule has 6 heteroatoms. The smallest absolute Gasteiger partial charge is 0.159 e. The van der Waals surface area contributed by atoms with E-state index in [1.54, 1.807) is 18.2 Å². The predicted octanol–water partition coefficient (Wildman–Crippen LogP) is 18.6. The van der Waals surface area contributed by atoms with E-state index in [0.29, 0.717) is 12.8 Å². The summed E-state index contributed by atoms with van der Waals surface area (Å²) in [6.07, 6.45) is 13.6. The maximum atomic E-state index is 15.2. The Morgan fingerprint density at radius 3 is 2.05 bits per heavy atom. The van der Waals surface area contributed by atoms with Crippen LogP contribution in [0.25, 0.3) is 55.6 Å². The van der Waals surface area contributed by atoms with Gasteiger partial charge in [0.2, 0.25) is 0 Å². The molecule has 15 rings (SSSR count). The molecule has 0 saturated heterocycles. The Labute approximate surface area is 441 Å². The fourth-order valence-electron chi connectivity index (χ4n) is 14.3. The van der Waals surface area contributed by atoms with Gasteiger partial charge < -0.3 is 18.6 Å². The van der Waals surface area contributed by atoms with E-state index >= 15 is 8.78 Å². The van der Waals surface area contributed by atoms with Crippen molar-refractivity contribution < 1.29 is 17.6 Å². The first-order valence-electron chi connectivity index (χ1n) is 27.1. The van der Waals surface area contributed by atoms with Gasteiger partial charge in [-0.15, -0.1) is 0 Å². The largest absolute Gasteiger partial charge is 0.458 e. The number of alkyl halides is 1. The Kier molecular flexibility index (Phi) is 9.90. The number of anilines is 4. The fourth-order valence-corrected chi connectivity index (χ4v) is 14.3. The number of furan rings is 2. The molecule has 2 heterocycles. The first kappa shape index (κ1) is 45.2. The average Bonchev–Trinajstić information content (AvgIpc) is 4.24. The Balaban J connectivity index is 1.04. The van der Waals surface area contributed by atoms with Gasteiger partial charge in [0.15, 0.2) is 11.3 Å². The molecule has 2 aromatic heterocycles. The molecule has 10 aromatic rings. The summed E-state index contributed by atoms with van der Waals surface area (Å²) < 4.78 is 44.4. The quantitative estimate of drug-likeness (QED) is 0.155. The molecule has 0 radical (unpaired) electrons. The maximum Gasteiger partial charge on any atom is 0.159 e. The number of hydrogen-bond donors (Lipinski definition) is 0. The van der Waals surface area contributed by atoms with Gasteiger partial charge in [0.05, 0.1) is 28.5 Å². The van der Waals surface area contributed by atoms with E-state index in [2.05, 4.69) is 195 Å². The van der Waals surface area contributed by atoms with Crippen LogP contribution in [-0.4, -0.2) is 12.2 Å². The number of para-hydroxylation sites is 2. The van der Waals surface area contributed by atoms with Crippen LogP contribution in [0.5, 0.6) is 0 Å². The van der Waals surface area contributed by atoms with Crippen molar-refractivity contribution >= 4 is 67.2 Å². The molecule has 0 amide bonds. The first-order valence-corrected chi connectivity index (χ1v) is 27.1. The summed E-state index contributed by atoms with van der Waals surface area (Å²) in [5.74, 6) is 1.98. The van der Waals surface area contributed by atoms with Gasteiger partial charge in [0, 0.05) is 50.0 Å². The lowest BCUT2D eigenvalue weighted by atomic mass is 9.55.